The lowest BCUT2D eigenvalue weighted by Crippen LogP contribution is -2.33. The van der Waals surface area contributed by atoms with Crippen molar-refractivity contribution >= 4 is 5.78 Å². The van der Waals surface area contributed by atoms with E-state index in [4.69, 9.17) is 0 Å². The van der Waals surface area contributed by atoms with E-state index >= 15 is 0 Å². The Kier molecular flexibility index (Phi) is 6.73. The number of benzene rings is 1. The molecule has 3 heteroatoms. The lowest BCUT2D eigenvalue weighted by Gasteiger charge is -2.28. The van der Waals surface area contributed by atoms with Crippen LogP contribution in [0.1, 0.15) is 62.9 Å². The van der Waals surface area contributed by atoms with Crippen LogP contribution in [0.2, 0.25) is 0 Å². The van der Waals surface area contributed by atoms with E-state index in [1.807, 2.05) is 6.07 Å². The van der Waals surface area contributed by atoms with Crippen LogP contribution in [-0.2, 0) is 6.54 Å². The van der Waals surface area contributed by atoms with Crippen molar-refractivity contribution in [3.05, 3.63) is 29.3 Å². The molecule has 1 unspecified atom stereocenters. The minimum absolute atomic E-state index is 0.0369. The number of hydrogen-bond donors (Lipinski definition) is 1. The topological polar surface area (TPSA) is 40.5 Å². The number of unbranched alkanes of at least 4 members (excludes halogenated alkanes) is 1. The van der Waals surface area contributed by atoms with E-state index in [0.29, 0.717) is 18.2 Å². The standard InChI is InChI=1S/C17H27NO2/c1-5-7-10-18(13(3)6-2)12-16-11-15(14(4)19)8-9-17(16)20/h8-9,11,13,20H,5-7,10,12H2,1-4H3. The second-order valence-corrected chi connectivity index (χ2v) is 5.48. The molecule has 1 N–H and O–H groups in total. The normalized spacial score (nSPS) is 12.7. The van der Waals surface area contributed by atoms with Gasteiger partial charge in [-0.3, -0.25) is 9.69 Å². The minimum atomic E-state index is 0.0369. The molecule has 0 aliphatic carbocycles. The molecule has 1 rings (SSSR count). The van der Waals surface area contributed by atoms with Gasteiger partial charge in [-0.2, -0.15) is 0 Å². The van der Waals surface area contributed by atoms with Crippen LogP contribution in [0.4, 0.5) is 0 Å². The monoisotopic (exact) mass is 277 g/mol. The van der Waals surface area contributed by atoms with Crippen LogP contribution < -0.4 is 0 Å². The highest BCUT2D eigenvalue weighted by Gasteiger charge is 2.15. The number of rotatable bonds is 8. The molecule has 0 saturated heterocycles. The highest BCUT2D eigenvalue weighted by Crippen LogP contribution is 2.22. The van der Waals surface area contributed by atoms with Crippen molar-refractivity contribution in [1.82, 2.24) is 4.90 Å². The molecule has 20 heavy (non-hydrogen) atoms. The summed E-state index contributed by atoms with van der Waals surface area (Å²) in [7, 11) is 0. The van der Waals surface area contributed by atoms with Gasteiger partial charge in [-0.25, -0.2) is 0 Å². The summed E-state index contributed by atoms with van der Waals surface area (Å²) in [6, 6.07) is 5.60. The van der Waals surface area contributed by atoms with Crippen molar-refractivity contribution in [2.75, 3.05) is 6.54 Å². The van der Waals surface area contributed by atoms with Gasteiger partial charge in [-0.1, -0.05) is 20.3 Å². The Morgan fingerprint density at radius 2 is 2.05 bits per heavy atom. The van der Waals surface area contributed by atoms with E-state index in [2.05, 4.69) is 25.7 Å². The Hall–Kier alpha value is -1.35. The van der Waals surface area contributed by atoms with E-state index < -0.39 is 0 Å². The Bertz CT molecular complexity index is 443. The van der Waals surface area contributed by atoms with Gasteiger partial charge in [-0.05, 0) is 51.4 Å². The van der Waals surface area contributed by atoms with Crippen LogP contribution in [-0.4, -0.2) is 28.4 Å². The van der Waals surface area contributed by atoms with E-state index in [0.717, 1.165) is 31.4 Å². The molecule has 1 aromatic rings. The van der Waals surface area contributed by atoms with Crippen molar-refractivity contribution in [3.63, 3.8) is 0 Å². The predicted molar refractivity (Wildman–Crippen MR) is 83.2 cm³/mol. The predicted octanol–water partition coefficient (Wildman–Crippen LogP) is 4.00. The van der Waals surface area contributed by atoms with E-state index in [1.165, 1.54) is 0 Å². The molecule has 0 bridgehead atoms. The smallest absolute Gasteiger partial charge is 0.159 e. The largest absolute Gasteiger partial charge is 0.508 e. The third-order valence-corrected chi connectivity index (χ3v) is 3.87. The molecule has 112 valence electrons. The highest BCUT2D eigenvalue weighted by molar-refractivity contribution is 5.94. The fourth-order valence-corrected chi connectivity index (χ4v) is 2.22. The summed E-state index contributed by atoms with van der Waals surface area (Å²) < 4.78 is 0. The van der Waals surface area contributed by atoms with E-state index in [1.54, 1.807) is 19.1 Å². The first-order valence-electron chi connectivity index (χ1n) is 7.56. The molecular formula is C17H27NO2. The molecule has 0 fully saturated rings. The molecular weight excluding hydrogens is 250 g/mol. The third kappa shape index (κ3) is 4.64. The number of carbonyl (C=O) groups is 1. The zero-order valence-electron chi connectivity index (χ0n) is 13.1. The Morgan fingerprint density at radius 3 is 2.60 bits per heavy atom. The number of hydrogen-bond acceptors (Lipinski definition) is 3. The van der Waals surface area contributed by atoms with Gasteiger partial charge in [-0.15, -0.1) is 0 Å². The summed E-state index contributed by atoms with van der Waals surface area (Å²) in [6.07, 6.45) is 3.39. The number of phenolic OH excluding ortho intramolecular Hbond substituents is 1. The summed E-state index contributed by atoms with van der Waals surface area (Å²) in [5, 5.41) is 10.0. The van der Waals surface area contributed by atoms with Crippen molar-refractivity contribution < 1.29 is 9.90 Å². The van der Waals surface area contributed by atoms with Gasteiger partial charge in [0.05, 0.1) is 0 Å². The van der Waals surface area contributed by atoms with E-state index in [-0.39, 0.29) is 11.5 Å². The second kappa shape index (κ2) is 8.05. The van der Waals surface area contributed by atoms with Crippen molar-refractivity contribution in [1.29, 1.82) is 0 Å². The fraction of sp³-hybridized carbons (Fsp3) is 0.588. The van der Waals surface area contributed by atoms with Crippen LogP contribution in [0, 0.1) is 0 Å². The Labute approximate surface area is 122 Å². The number of ketones is 1. The van der Waals surface area contributed by atoms with Gasteiger partial charge in [0.15, 0.2) is 5.78 Å². The summed E-state index contributed by atoms with van der Waals surface area (Å²) in [5.74, 6) is 0.315. The van der Waals surface area contributed by atoms with Crippen LogP contribution in [0.5, 0.6) is 5.75 Å². The minimum Gasteiger partial charge on any atom is -0.508 e. The quantitative estimate of drug-likeness (QED) is 0.730. The highest BCUT2D eigenvalue weighted by atomic mass is 16.3. The van der Waals surface area contributed by atoms with Gasteiger partial charge in [0.2, 0.25) is 0 Å². The lowest BCUT2D eigenvalue weighted by atomic mass is 10.1. The summed E-state index contributed by atoms with van der Waals surface area (Å²) in [4.78, 5) is 13.8. The average molecular weight is 277 g/mol. The third-order valence-electron chi connectivity index (χ3n) is 3.87. The first kappa shape index (κ1) is 16.7. The van der Waals surface area contributed by atoms with Crippen molar-refractivity contribution in [2.24, 2.45) is 0 Å². The Morgan fingerprint density at radius 1 is 1.35 bits per heavy atom. The molecule has 0 radical (unpaired) electrons. The van der Waals surface area contributed by atoms with Gasteiger partial charge in [0, 0.05) is 23.7 Å². The summed E-state index contributed by atoms with van der Waals surface area (Å²) in [6.45, 7) is 9.84. The zero-order chi connectivity index (χ0) is 15.1. The zero-order valence-corrected chi connectivity index (χ0v) is 13.1. The number of carbonyl (C=O) groups excluding carboxylic acids is 1. The van der Waals surface area contributed by atoms with Crippen LogP contribution >= 0.6 is 0 Å². The number of aromatic hydroxyl groups is 1. The van der Waals surface area contributed by atoms with Crippen LogP contribution in [0.25, 0.3) is 0 Å². The van der Waals surface area contributed by atoms with Crippen LogP contribution in [0.15, 0.2) is 18.2 Å². The molecule has 0 amide bonds. The SMILES string of the molecule is CCCCN(Cc1cc(C(C)=O)ccc1O)C(C)CC. The molecule has 0 aliphatic heterocycles. The van der Waals surface area contributed by atoms with E-state index in [9.17, 15) is 9.90 Å². The molecule has 1 atom stereocenters. The molecule has 0 aliphatic rings. The van der Waals surface area contributed by atoms with Gasteiger partial charge in [0.1, 0.15) is 5.75 Å². The van der Waals surface area contributed by atoms with Gasteiger partial charge >= 0.3 is 0 Å². The molecule has 0 aromatic heterocycles. The maximum atomic E-state index is 11.5. The molecule has 3 nitrogen and oxygen atoms in total. The first-order chi connectivity index (χ1) is 9.49. The average Bonchev–Trinajstić information content (AvgIpc) is 2.44. The van der Waals surface area contributed by atoms with Crippen molar-refractivity contribution in [3.8, 4) is 5.75 Å². The van der Waals surface area contributed by atoms with Gasteiger partial charge < -0.3 is 5.11 Å². The Balaban J connectivity index is 2.91. The number of nitrogens with zero attached hydrogens (tertiary/aromatic N) is 1. The lowest BCUT2D eigenvalue weighted by molar-refractivity contribution is 0.101. The molecule has 0 heterocycles. The fourth-order valence-electron chi connectivity index (χ4n) is 2.22. The molecule has 0 saturated carbocycles. The molecule has 1 aromatic carbocycles. The summed E-state index contributed by atoms with van der Waals surface area (Å²) in [5.41, 5.74) is 1.51. The van der Waals surface area contributed by atoms with Crippen LogP contribution in [0.3, 0.4) is 0 Å². The first-order valence-corrected chi connectivity index (χ1v) is 7.56. The number of phenols is 1. The number of Topliss-reactive ketones (excluding diaryl/α,β-unsaturated/α-hetero) is 1. The van der Waals surface area contributed by atoms with Crippen molar-refractivity contribution in [2.45, 2.75) is 59.5 Å². The maximum Gasteiger partial charge on any atom is 0.159 e. The van der Waals surface area contributed by atoms with Gasteiger partial charge in [0.25, 0.3) is 0 Å². The summed E-state index contributed by atoms with van der Waals surface area (Å²) >= 11 is 0. The second-order valence-electron chi connectivity index (χ2n) is 5.48. The maximum absolute atomic E-state index is 11.5. The molecule has 0 spiro atoms.